The number of hydrogen-bond acceptors (Lipinski definition) is 2. The van der Waals surface area contributed by atoms with Crippen LogP contribution in [0.15, 0.2) is 0 Å². The predicted molar refractivity (Wildman–Crippen MR) is 76.2 cm³/mol. The highest BCUT2D eigenvalue weighted by molar-refractivity contribution is 7.99. The molecular weight excluding hydrogens is 214 g/mol. The van der Waals surface area contributed by atoms with Gasteiger partial charge in [0.1, 0.15) is 0 Å². The van der Waals surface area contributed by atoms with Crippen LogP contribution >= 0.6 is 11.8 Å². The molecule has 96 valence electrons. The average molecular weight is 243 g/mol. The molecule has 0 spiro atoms. The zero-order valence-corrected chi connectivity index (χ0v) is 12.5. The van der Waals surface area contributed by atoms with Gasteiger partial charge < -0.3 is 5.32 Å². The molecule has 0 aromatic carbocycles. The smallest absolute Gasteiger partial charge is 0.0203 e. The molecular formula is C14H29NS. The van der Waals surface area contributed by atoms with Crippen molar-refractivity contribution >= 4 is 11.8 Å². The largest absolute Gasteiger partial charge is 0.313 e. The Morgan fingerprint density at radius 3 is 2.38 bits per heavy atom. The van der Waals surface area contributed by atoms with E-state index in [2.05, 4.69) is 51.7 Å². The Kier molecular flexibility index (Phi) is 5.66. The van der Waals surface area contributed by atoms with Crippen molar-refractivity contribution in [3.63, 3.8) is 0 Å². The Labute approximate surface area is 106 Å². The van der Waals surface area contributed by atoms with E-state index in [1.165, 1.54) is 25.0 Å². The van der Waals surface area contributed by atoms with Gasteiger partial charge in [0.25, 0.3) is 0 Å². The van der Waals surface area contributed by atoms with Crippen LogP contribution in [0.3, 0.4) is 0 Å². The highest BCUT2D eigenvalue weighted by Gasteiger charge is 2.35. The molecule has 2 heteroatoms. The van der Waals surface area contributed by atoms with Crippen molar-refractivity contribution in [2.75, 3.05) is 12.3 Å². The van der Waals surface area contributed by atoms with Crippen LogP contribution in [0.25, 0.3) is 0 Å². The van der Waals surface area contributed by atoms with Gasteiger partial charge in [-0.3, -0.25) is 0 Å². The second kappa shape index (κ2) is 6.30. The molecule has 3 atom stereocenters. The topological polar surface area (TPSA) is 12.0 Å². The van der Waals surface area contributed by atoms with Crippen LogP contribution in [0.4, 0.5) is 0 Å². The molecule has 0 heterocycles. The summed E-state index contributed by atoms with van der Waals surface area (Å²) in [7, 11) is 0. The second-order valence-electron chi connectivity index (χ2n) is 6.03. The number of thioether (sulfide) groups is 1. The van der Waals surface area contributed by atoms with Gasteiger partial charge in [-0.25, -0.2) is 0 Å². The fourth-order valence-corrected chi connectivity index (χ4v) is 4.07. The first-order valence-electron chi connectivity index (χ1n) is 6.84. The summed E-state index contributed by atoms with van der Waals surface area (Å²) < 4.78 is 0. The molecule has 1 rings (SSSR count). The summed E-state index contributed by atoms with van der Waals surface area (Å²) in [4.78, 5) is 0. The predicted octanol–water partition coefficient (Wildman–Crippen LogP) is 3.93. The lowest BCUT2D eigenvalue weighted by Gasteiger charge is -2.41. The van der Waals surface area contributed by atoms with Gasteiger partial charge in [0, 0.05) is 11.3 Å². The van der Waals surface area contributed by atoms with Gasteiger partial charge in [0.2, 0.25) is 0 Å². The zero-order valence-electron chi connectivity index (χ0n) is 11.7. The second-order valence-corrected chi connectivity index (χ2v) is 7.55. The summed E-state index contributed by atoms with van der Waals surface area (Å²) >= 11 is 2.16. The molecule has 1 aliphatic carbocycles. The Morgan fingerprint density at radius 1 is 1.19 bits per heavy atom. The van der Waals surface area contributed by atoms with Crippen molar-refractivity contribution < 1.29 is 0 Å². The van der Waals surface area contributed by atoms with Gasteiger partial charge in [0.15, 0.2) is 0 Å². The average Bonchev–Trinajstić information content (AvgIpc) is 2.19. The summed E-state index contributed by atoms with van der Waals surface area (Å²) in [5.41, 5.74) is 0.490. The van der Waals surface area contributed by atoms with Gasteiger partial charge >= 0.3 is 0 Å². The van der Waals surface area contributed by atoms with Crippen LogP contribution < -0.4 is 5.32 Å². The third-order valence-electron chi connectivity index (χ3n) is 3.86. The maximum Gasteiger partial charge on any atom is 0.0203 e. The summed E-state index contributed by atoms with van der Waals surface area (Å²) in [6, 6.07) is 0.758. The molecule has 0 aliphatic heterocycles. The van der Waals surface area contributed by atoms with Gasteiger partial charge in [-0.1, -0.05) is 34.6 Å². The number of rotatable bonds is 4. The lowest BCUT2D eigenvalue weighted by atomic mass is 9.71. The van der Waals surface area contributed by atoms with E-state index >= 15 is 0 Å². The molecule has 1 fully saturated rings. The maximum absolute atomic E-state index is 3.67. The summed E-state index contributed by atoms with van der Waals surface area (Å²) in [5, 5.41) is 4.51. The molecule has 1 aliphatic rings. The van der Waals surface area contributed by atoms with E-state index in [-0.39, 0.29) is 0 Å². The van der Waals surface area contributed by atoms with Crippen molar-refractivity contribution in [3.05, 3.63) is 0 Å². The molecule has 0 bridgehead atoms. The normalized spacial score (nSPS) is 31.7. The molecule has 3 unspecified atom stereocenters. The van der Waals surface area contributed by atoms with E-state index < -0.39 is 0 Å². The minimum absolute atomic E-state index is 0.490. The summed E-state index contributed by atoms with van der Waals surface area (Å²) in [6.07, 6.45) is 4.18. The van der Waals surface area contributed by atoms with Crippen LogP contribution in [0.1, 0.15) is 53.9 Å². The zero-order chi connectivity index (χ0) is 12.2. The van der Waals surface area contributed by atoms with E-state index in [9.17, 15) is 0 Å². The van der Waals surface area contributed by atoms with Crippen molar-refractivity contribution in [2.45, 2.75) is 65.2 Å². The quantitative estimate of drug-likeness (QED) is 0.803. The molecule has 0 aromatic rings. The summed E-state index contributed by atoms with van der Waals surface area (Å²) in [5.74, 6) is 2.16. The molecule has 1 nitrogen and oxygen atoms in total. The van der Waals surface area contributed by atoms with E-state index in [1.807, 2.05) is 0 Å². The molecule has 0 amide bonds. The van der Waals surface area contributed by atoms with E-state index in [0.717, 1.165) is 23.8 Å². The van der Waals surface area contributed by atoms with E-state index in [0.29, 0.717) is 5.41 Å². The van der Waals surface area contributed by atoms with Crippen molar-refractivity contribution in [1.82, 2.24) is 5.32 Å². The molecule has 16 heavy (non-hydrogen) atoms. The minimum atomic E-state index is 0.490. The standard InChI is InChI=1S/C14H29NS/c1-6-15-12-9-8-11(14(3,4)5)10-13(12)16-7-2/h11-13,15H,6-10H2,1-5H3. The van der Waals surface area contributed by atoms with E-state index in [4.69, 9.17) is 0 Å². The van der Waals surface area contributed by atoms with E-state index in [1.54, 1.807) is 0 Å². The summed E-state index contributed by atoms with van der Waals surface area (Å²) in [6.45, 7) is 12.8. The Bertz CT molecular complexity index is 197. The first kappa shape index (κ1) is 14.4. The third-order valence-corrected chi connectivity index (χ3v) is 5.15. The molecule has 0 saturated heterocycles. The van der Waals surface area contributed by atoms with Gasteiger partial charge in [-0.15, -0.1) is 0 Å². The van der Waals surface area contributed by atoms with Crippen molar-refractivity contribution in [2.24, 2.45) is 11.3 Å². The van der Waals surface area contributed by atoms with Gasteiger partial charge in [0.05, 0.1) is 0 Å². The van der Waals surface area contributed by atoms with Crippen molar-refractivity contribution in [3.8, 4) is 0 Å². The first-order valence-corrected chi connectivity index (χ1v) is 7.88. The van der Waals surface area contributed by atoms with Gasteiger partial charge in [-0.2, -0.15) is 11.8 Å². The van der Waals surface area contributed by atoms with Gasteiger partial charge in [-0.05, 0) is 42.9 Å². The van der Waals surface area contributed by atoms with Crippen LogP contribution in [0.5, 0.6) is 0 Å². The monoisotopic (exact) mass is 243 g/mol. The fraction of sp³-hybridized carbons (Fsp3) is 1.00. The number of hydrogen-bond donors (Lipinski definition) is 1. The first-order chi connectivity index (χ1) is 7.49. The Morgan fingerprint density at radius 2 is 1.88 bits per heavy atom. The SMILES string of the molecule is CCNC1CCC(C(C)(C)C)CC1SCC. The fourth-order valence-electron chi connectivity index (χ4n) is 2.81. The molecule has 0 aromatic heterocycles. The highest BCUT2D eigenvalue weighted by Crippen LogP contribution is 2.41. The van der Waals surface area contributed by atoms with Crippen LogP contribution in [-0.2, 0) is 0 Å². The highest BCUT2D eigenvalue weighted by atomic mass is 32.2. The molecule has 1 N–H and O–H groups in total. The lowest BCUT2D eigenvalue weighted by Crippen LogP contribution is -2.44. The maximum atomic E-state index is 3.67. The molecule has 1 saturated carbocycles. The van der Waals surface area contributed by atoms with Crippen LogP contribution in [-0.4, -0.2) is 23.6 Å². The molecule has 0 radical (unpaired) electrons. The van der Waals surface area contributed by atoms with Crippen LogP contribution in [0.2, 0.25) is 0 Å². The minimum Gasteiger partial charge on any atom is -0.313 e. The van der Waals surface area contributed by atoms with Crippen molar-refractivity contribution in [1.29, 1.82) is 0 Å². The lowest BCUT2D eigenvalue weighted by molar-refractivity contribution is 0.165. The van der Waals surface area contributed by atoms with Crippen LogP contribution in [0, 0.1) is 11.3 Å². The Balaban J connectivity index is 2.57. The third kappa shape index (κ3) is 3.96. The Hall–Kier alpha value is 0.310. The number of nitrogens with one attached hydrogen (secondary N) is 1.